The number of carbonyl (C=O) groups is 1. The van der Waals surface area contributed by atoms with Crippen LogP contribution in [0.3, 0.4) is 0 Å². The standard InChI is InChI=1S/C18H13Cl2N3O2S/c1-10(24)9-25-18-13(8-21)11(15-4-3-5-23(15)2)6-14(22-18)12-7-16(19)26-17(12)20/h3-7H,9H2,1-2H3. The van der Waals surface area contributed by atoms with Gasteiger partial charge in [-0.1, -0.05) is 23.2 Å². The highest BCUT2D eigenvalue weighted by Gasteiger charge is 2.20. The topological polar surface area (TPSA) is 67.9 Å². The van der Waals surface area contributed by atoms with Crippen molar-refractivity contribution in [2.75, 3.05) is 6.61 Å². The van der Waals surface area contributed by atoms with Gasteiger partial charge in [-0.2, -0.15) is 5.26 Å². The highest BCUT2D eigenvalue weighted by Crippen LogP contribution is 2.40. The van der Waals surface area contributed by atoms with Gasteiger partial charge in [-0.25, -0.2) is 4.98 Å². The van der Waals surface area contributed by atoms with Gasteiger partial charge in [-0.05, 0) is 31.2 Å². The number of aryl methyl sites for hydroxylation is 1. The summed E-state index contributed by atoms with van der Waals surface area (Å²) in [6.45, 7) is 1.24. The van der Waals surface area contributed by atoms with Crippen LogP contribution >= 0.6 is 34.5 Å². The first-order valence-corrected chi connectivity index (χ1v) is 9.12. The van der Waals surface area contributed by atoms with Gasteiger partial charge in [0.2, 0.25) is 5.88 Å². The first kappa shape index (κ1) is 18.5. The van der Waals surface area contributed by atoms with Gasteiger partial charge in [0.05, 0.1) is 10.0 Å². The third-order valence-electron chi connectivity index (χ3n) is 3.66. The van der Waals surface area contributed by atoms with Crippen LogP contribution in [-0.4, -0.2) is 21.9 Å². The van der Waals surface area contributed by atoms with Gasteiger partial charge in [-0.3, -0.25) is 4.79 Å². The maximum atomic E-state index is 11.3. The normalized spacial score (nSPS) is 10.6. The van der Waals surface area contributed by atoms with E-state index in [1.54, 1.807) is 12.1 Å². The fourth-order valence-corrected chi connectivity index (χ4v) is 3.98. The predicted octanol–water partition coefficient (Wildman–Crippen LogP) is 4.96. The van der Waals surface area contributed by atoms with Crippen LogP contribution < -0.4 is 4.74 Å². The molecule has 0 N–H and O–H groups in total. The summed E-state index contributed by atoms with van der Waals surface area (Å²) in [5.74, 6) is -0.0760. The maximum absolute atomic E-state index is 11.3. The van der Waals surface area contributed by atoms with E-state index in [-0.39, 0.29) is 23.8 Å². The third-order valence-corrected chi connectivity index (χ3v) is 5.15. The molecule has 0 spiro atoms. The van der Waals surface area contributed by atoms with Crippen LogP contribution in [0.4, 0.5) is 0 Å². The molecule has 0 aliphatic rings. The summed E-state index contributed by atoms with van der Waals surface area (Å²) < 4.78 is 8.42. The number of Topliss-reactive ketones (excluding diaryl/α,β-unsaturated/α-hetero) is 1. The van der Waals surface area contributed by atoms with Crippen LogP contribution in [-0.2, 0) is 11.8 Å². The average Bonchev–Trinajstić information content (AvgIpc) is 3.16. The molecule has 0 aromatic carbocycles. The molecule has 0 amide bonds. The van der Waals surface area contributed by atoms with Gasteiger partial charge >= 0.3 is 0 Å². The molecule has 0 saturated heterocycles. The number of carbonyl (C=O) groups excluding carboxylic acids is 1. The smallest absolute Gasteiger partial charge is 0.233 e. The molecule has 0 bridgehead atoms. The van der Waals surface area contributed by atoms with Crippen LogP contribution in [0.15, 0.2) is 30.5 Å². The first-order valence-electron chi connectivity index (χ1n) is 7.55. The second kappa shape index (κ2) is 7.50. The quantitative estimate of drug-likeness (QED) is 0.601. The molecule has 0 fully saturated rings. The average molecular weight is 406 g/mol. The van der Waals surface area contributed by atoms with Crippen molar-refractivity contribution >= 4 is 40.3 Å². The second-order valence-electron chi connectivity index (χ2n) is 5.58. The Balaban J connectivity index is 2.25. The zero-order valence-corrected chi connectivity index (χ0v) is 16.2. The Morgan fingerprint density at radius 1 is 1.38 bits per heavy atom. The molecule has 0 aliphatic carbocycles. The molecule has 26 heavy (non-hydrogen) atoms. The SMILES string of the molecule is CC(=O)COc1nc(-c2cc(Cl)sc2Cl)cc(-c2cccn2C)c1C#N. The molecule has 0 saturated carbocycles. The van der Waals surface area contributed by atoms with Gasteiger partial charge in [-0.15, -0.1) is 11.3 Å². The first-order chi connectivity index (χ1) is 12.4. The monoisotopic (exact) mass is 405 g/mol. The highest BCUT2D eigenvalue weighted by atomic mass is 35.5. The zero-order chi connectivity index (χ0) is 18.8. The molecule has 3 aromatic rings. The van der Waals surface area contributed by atoms with Crippen molar-refractivity contribution in [2.45, 2.75) is 6.92 Å². The minimum atomic E-state index is -0.171. The third kappa shape index (κ3) is 3.61. The fourth-order valence-electron chi connectivity index (χ4n) is 2.50. The number of rotatable bonds is 5. The van der Waals surface area contributed by atoms with Crippen molar-refractivity contribution < 1.29 is 9.53 Å². The lowest BCUT2D eigenvalue weighted by atomic mass is 10.0. The van der Waals surface area contributed by atoms with Gasteiger partial charge in [0.15, 0.2) is 5.78 Å². The van der Waals surface area contributed by atoms with E-state index in [1.165, 1.54) is 18.3 Å². The van der Waals surface area contributed by atoms with Gasteiger partial charge in [0.25, 0.3) is 0 Å². The second-order valence-corrected chi connectivity index (χ2v) is 7.87. The van der Waals surface area contributed by atoms with Crippen molar-refractivity contribution in [3.63, 3.8) is 0 Å². The number of aromatic nitrogens is 2. The van der Waals surface area contributed by atoms with Crippen molar-refractivity contribution in [1.82, 2.24) is 9.55 Å². The van der Waals surface area contributed by atoms with Gasteiger partial charge in [0.1, 0.15) is 22.6 Å². The van der Waals surface area contributed by atoms with E-state index in [1.807, 2.05) is 29.9 Å². The summed E-state index contributed by atoms with van der Waals surface area (Å²) in [6.07, 6.45) is 1.88. The minimum absolute atomic E-state index is 0.0924. The number of pyridine rings is 1. The molecule has 0 atom stereocenters. The summed E-state index contributed by atoms with van der Waals surface area (Å²) in [6, 6.07) is 9.39. The van der Waals surface area contributed by atoms with Crippen LogP contribution in [0.5, 0.6) is 5.88 Å². The number of nitriles is 1. The lowest BCUT2D eigenvalue weighted by molar-refractivity contribution is -0.119. The maximum Gasteiger partial charge on any atom is 0.233 e. The van der Waals surface area contributed by atoms with Crippen LogP contribution in [0.1, 0.15) is 12.5 Å². The van der Waals surface area contributed by atoms with E-state index in [0.717, 1.165) is 5.69 Å². The van der Waals surface area contributed by atoms with E-state index in [2.05, 4.69) is 11.1 Å². The van der Waals surface area contributed by atoms with E-state index in [9.17, 15) is 10.1 Å². The molecule has 0 radical (unpaired) electrons. The Kier molecular flexibility index (Phi) is 5.33. The van der Waals surface area contributed by atoms with Crippen molar-refractivity contribution in [2.24, 2.45) is 7.05 Å². The zero-order valence-electron chi connectivity index (χ0n) is 13.9. The molecular formula is C18H13Cl2N3O2S. The van der Waals surface area contributed by atoms with E-state index in [0.29, 0.717) is 25.5 Å². The Morgan fingerprint density at radius 2 is 2.15 bits per heavy atom. The Morgan fingerprint density at radius 3 is 2.69 bits per heavy atom. The van der Waals surface area contributed by atoms with Crippen LogP contribution in [0, 0.1) is 11.3 Å². The van der Waals surface area contributed by atoms with Gasteiger partial charge in [0, 0.05) is 30.1 Å². The fraction of sp³-hybridized carbons (Fsp3) is 0.167. The van der Waals surface area contributed by atoms with Crippen LogP contribution in [0.2, 0.25) is 8.67 Å². The molecule has 0 aliphatic heterocycles. The summed E-state index contributed by atoms with van der Waals surface area (Å²) in [5.41, 5.74) is 2.88. The Bertz CT molecular complexity index is 1030. The number of nitrogens with zero attached hydrogens (tertiary/aromatic N) is 3. The number of hydrogen-bond acceptors (Lipinski definition) is 5. The van der Waals surface area contributed by atoms with Crippen molar-refractivity contribution in [1.29, 1.82) is 5.26 Å². The molecule has 0 unspecified atom stereocenters. The van der Waals surface area contributed by atoms with E-state index in [4.69, 9.17) is 27.9 Å². The number of thiophene rings is 1. The molecule has 3 heterocycles. The molecule has 132 valence electrons. The Hall–Kier alpha value is -2.33. The highest BCUT2D eigenvalue weighted by molar-refractivity contribution is 7.20. The van der Waals surface area contributed by atoms with Crippen molar-refractivity contribution in [3.8, 4) is 34.5 Å². The largest absolute Gasteiger partial charge is 0.469 e. The number of ketones is 1. The molecule has 3 aromatic heterocycles. The number of hydrogen-bond donors (Lipinski definition) is 0. The summed E-state index contributed by atoms with van der Waals surface area (Å²) in [5, 5.41) is 9.67. The molecule has 8 heteroatoms. The number of halogens is 2. The summed E-state index contributed by atoms with van der Waals surface area (Å²) in [4.78, 5) is 15.7. The van der Waals surface area contributed by atoms with Crippen LogP contribution in [0.25, 0.3) is 22.5 Å². The molecule has 5 nitrogen and oxygen atoms in total. The predicted molar refractivity (Wildman–Crippen MR) is 103 cm³/mol. The summed E-state index contributed by atoms with van der Waals surface area (Å²) in [7, 11) is 1.88. The Labute approximate surface area is 164 Å². The van der Waals surface area contributed by atoms with E-state index < -0.39 is 0 Å². The van der Waals surface area contributed by atoms with E-state index >= 15 is 0 Å². The molecule has 3 rings (SSSR count). The molecular weight excluding hydrogens is 393 g/mol. The lowest BCUT2D eigenvalue weighted by Crippen LogP contribution is -2.10. The number of ether oxygens (including phenoxy) is 1. The lowest BCUT2D eigenvalue weighted by Gasteiger charge is -2.13. The minimum Gasteiger partial charge on any atom is -0.469 e. The summed E-state index contributed by atoms with van der Waals surface area (Å²) >= 11 is 13.6. The van der Waals surface area contributed by atoms with Gasteiger partial charge < -0.3 is 9.30 Å². The van der Waals surface area contributed by atoms with Crippen molar-refractivity contribution in [3.05, 3.63) is 44.7 Å².